The molecule has 0 aliphatic heterocycles. The molecular formula is C16H33NO2S. The minimum absolute atomic E-state index is 0.375. The molecule has 0 radical (unpaired) electrons. The first-order valence-corrected chi connectivity index (χ1v) is 9.49. The monoisotopic (exact) mass is 303 g/mol. The van der Waals surface area contributed by atoms with E-state index >= 15 is 0 Å². The van der Waals surface area contributed by atoms with Gasteiger partial charge in [-0.05, 0) is 38.0 Å². The van der Waals surface area contributed by atoms with Crippen molar-refractivity contribution >= 4 is 11.8 Å². The van der Waals surface area contributed by atoms with E-state index < -0.39 is 0 Å². The average Bonchev–Trinajstić information content (AvgIpc) is 2.49. The van der Waals surface area contributed by atoms with E-state index in [9.17, 15) is 5.11 Å². The van der Waals surface area contributed by atoms with Gasteiger partial charge in [-0.15, -0.1) is 0 Å². The molecule has 0 saturated heterocycles. The van der Waals surface area contributed by atoms with Crippen molar-refractivity contribution in [1.29, 1.82) is 0 Å². The van der Waals surface area contributed by atoms with Gasteiger partial charge >= 0.3 is 0 Å². The number of aliphatic hydroxyl groups is 1. The van der Waals surface area contributed by atoms with E-state index in [4.69, 9.17) is 4.74 Å². The number of nitrogens with one attached hydrogen (secondary N) is 1. The van der Waals surface area contributed by atoms with Gasteiger partial charge in [-0.2, -0.15) is 11.8 Å². The summed E-state index contributed by atoms with van der Waals surface area (Å²) in [6.07, 6.45) is 9.58. The molecule has 4 heteroatoms. The van der Waals surface area contributed by atoms with Crippen molar-refractivity contribution in [2.45, 2.75) is 69.8 Å². The Morgan fingerprint density at radius 1 is 1.35 bits per heavy atom. The lowest BCUT2D eigenvalue weighted by Crippen LogP contribution is -2.35. The molecule has 0 heterocycles. The molecule has 0 amide bonds. The molecule has 1 aliphatic rings. The molecule has 1 saturated carbocycles. The van der Waals surface area contributed by atoms with Crippen LogP contribution in [-0.2, 0) is 4.74 Å². The lowest BCUT2D eigenvalue weighted by atomic mass is 9.85. The number of ether oxygens (including phenoxy) is 1. The minimum atomic E-state index is -0.376. The fourth-order valence-corrected chi connectivity index (χ4v) is 3.20. The van der Waals surface area contributed by atoms with Crippen LogP contribution in [0.1, 0.15) is 52.4 Å². The third kappa shape index (κ3) is 7.30. The van der Waals surface area contributed by atoms with Crippen LogP contribution >= 0.6 is 11.8 Å². The van der Waals surface area contributed by atoms with Crippen LogP contribution in [0.5, 0.6) is 0 Å². The molecule has 1 fully saturated rings. The molecule has 0 aromatic carbocycles. The normalized spacial score (nSPS) is 26.4. The summed E-state index contributed by atoms with van der Waals surface area (Å²) >= 11 is 1.89. The highest BCUT2D eigenvalue weighted by molar-refractivity contribution is 7.99. The fourth-order valence-electron chi connectivity index (χ4n) is 2.85. The van der Waals surface area contributed by atoms with E-state index in [-0.39, 0.29) is 6.10 Å². The van der Waals surface area contributed by atoms with E-state index in [0.717, 1.165) is 13.0 Å². The first-order chi connectivity index (χ1) is 9.67. The van der Waals surface area contributed by atoms with Crippen molar-refractivity contribution in [2.24, 2.45) is 5.92 Å². The van der Waals surface area contributed by atoms with Gasteiger partial charge in [0.25, 0.3) is 0 Å². The van der Waals surface area contributed by atoms with Crippen LogP contribution in [0, 0.1) is 5.92 Å². The molecule has 4 unspecified atom stereocenters. The Morgan fingerprint density at radius 3 is 2.80 bits per heavy atom. The lowest BCUT2D eigenvalue weighted by molar-refractivity contribution is -0.0498. The van der Waals surface area contributed by atoms with Gasteiger partial charge in [-0.25, -0.2) is 0 Å². The quantitative estimate of drug-likeness (QED) is 0.609. The van der Waals surface area contributed by atoms with Gasteiger partial charge in [0, 0.05) is 11.8 Å². The molecule has 1 rings (SSSR count). The van der Waals surface area contributed by atoms with Crippen LogP contribution in [0.4, 0.5) is 0 Å². The van der Waals surface area contributed by atoms with Crippen LogP contribution < -0.4 is 5.32 Å². The summed E-state index contributed by atoms with van der Waals surface area (Å²) in [5.74, 6) is 0.700. The van der Waals surface area contributed by atoms with Crippen molar-refractivity contribution in [2.75, 3.05) is 26.0 Å². The summed E-state index contributed by atoms with van der Waals surface area (Å²) in [5, 5.41) is 14.0. The third-order valence-corrected chi connectivity index (χ3v) is 5.42. The zero-order valence-electron chi connectivity index (χ0n) is 13.4. The summed E-state index contributed by atoms with van der Waals surface area (Å²) in [6, 6.07) is 0. The van der Waals surface area contributed by atoms with Gasteiger partial charge in [-0.1, -0.05) is 33.1 Å². The molecule has 0 bridgehead atoms. The Labute approximate surface area is 129 Å². The van der Waals surface area contributed by atoms with Gasteiger partial charge in [-0.3, -0.25) is 0 Å². The van der Waals surface area contributed by atoms with Crippen molar-refractivity contribution in [1.82, 2.24) is 5.32 Å². The van der Waals surface area contributed by atoms with Gasteiger partial charge in [0.05, 0.1) is 18.8 Å². The summed E-state index contributed by atoms with van der Waals surface area (Å²) in [5.41, 5.74) is 0. The zero-order valence-corrected chi connectivity index (χ0v) is 14.3. The van der Waals surface area contributed by atoms with Crippen molar-refractivity contribution in [3.05, 3.63) is 0 Å². The minimum Gasteiger partial charge on any atom is -0.389 e. The van der Waals surface area contributed by atoms with Crippen LogP contribution in [0.3, 0.4) is 0 Å². The molecule has 0 aromatic rings. The number of aliphatic hydroxyl groups excluding tert-OH is 1. The Balaban J connectivity index is 2.08. The Bertz CT molecular complexity index is 241. The second kappa shape index (κ2) is 10.9. The van der Waals surface area contributed by atoms with E-state index in [0.29, 0.717) is 30.4 Å². The first kappa shape index (κ1) is 18.3. The van der Waals surface area contributed by atoms with Crippen molar-refractivity contribution < 1.29 is 9.84 Å². The van der Waals surface area contributed by atoms with Gasteiger partial charge in [0.1, 0.15) is 0 Å². The number of rotatable bonds is 10. The molecular weight excluding hydrogens is 270 g/mol. The van der Waals surface area contributed by atoms with E-state index in [1.807, 2.05) is 11.8 Å². The van der Waals surface area contributed by atoms with Crippen molar-refractivity contribution in [3.8, 4) is 0 Å². The smallest absolute Gasteiger partial charge is 0.0897 e. The highest BCUT2D eigenvalue weighted by Crippen LogP contribution is 2.29. The summed E-state index contributed by atoms with van der Waals surface area (Å²) in [4.78, 5) is 0. The Hall–Kier alpha value is 0.230. The van der Waals surface area contributed by atoms with E-state index in [2.05, 4.69) is 25.4 Å². The maximum atomic E-state index is 9.97. The van der Waals surface area contributed by atoms with Crippen molar-refractivity contribution in [3.63, 3.8) is 0 Å². The highest BCUT2D eigenvalue weighted by atomic mass is 32.2. The molecule has 20 heavy (non-hydrogen) atoms. The van der Waals surface area contributed by atoms with E-state index in [1.165, 1.54) is 32.1 Å². The molecule has 3 nitrogen and oxygen atoms in total. The average molecular weight is 304 g/mol. The molecule has 4 atom stereocenters. The largest absolute Gasteiger partial charge is 0.389 e. The maximum absolute atomic E-state index is 9.97. The Morgan fingerprint density at radius 2 is 2.10 bits per heavy atom. The molecule has 1 aliphatic carbocycles. The number of thioether (sulfide) groups is 1. The topological polar surface area (TPSA) is 41.5 Å². The first-order valence-electron chi connectivity index (χ1n) is 8.20. The lowest BCUT2D eigenvalue weighted by Gasteiger charge is -2.31. The van der Waals surface area contributed by atoms with Crippen LogP contribution in [0.25, 0.3) is 0 Å². The Kier molecular flexibility index (Phi) is 9.95. The standard InChI is InChI=1S/C16H33NO2S/c1-4-14-7-5-6-8-16(14)19-12-15(18)11-17-10-9-13(2)20-3/h13-18H,4-12H2,1-3H3. The predicted molar refractivity (Wildman–Crippen MR) is 88.5 cm³/mol. The van der Waals surface area contributed by atoms with Gasteiger partial charge in [0.15, 0.2) is 0 Å². The number of hydrogen-bond acceptors (Lipinski definition) is 4. The SMILES string of the molecule is CCC1CCCCC1OCC(O)CNCCC(C)SC. The summed E-state index contributed by atoms with van der Waals surface area (Å²) in [7, 11) is 0. The second-order valence-corrected chi connectivity index (χ2v) is 7.29. The summed E-state index contributed by atoms with van der Waals surface area (Å²) in [6.45, 7) is 6.58. The molecule has 2 N–H and O–H groups in total. The van der Waals surface area contributed by atoms with E-state index in [1.54, 1.807) is 0 Å². The second-order valence-electron chi connectivity index (χ2n) is 6.02. The number of hydrogen-bond donors (Lipinski definition) is 2. The highest BCUT2D eigenvalue weighted by Gasteiger charge is 2.24. The van der Waals surface area contributed by atoms with Crippen LogP contribution in [0.15, 0.2) is 0 Å². The maximum Gasteiger partial charge on any atom is 0.0897 e. The fraction of sp³-hybridized carbons (Fsp3) is 1.00. The summed E-state index contributed by atoms with van der Waals surface area (Å²) < 4.78 is 5.95. The van der Waals surface area contributed by atoms with Gasteiger partial charge < -0.3 is 15.2 Å². The van der Waals surface area contributed by atoms with Crippen LogP contribution in [-0.4, -0.2) is 48.5 Å². The molecule has 120 valence electrons. The molecule has 0 spiro atoms. The third-order valence-electron chi connectivity index (χ3n) is 4.38. The zero-order chi connectivity index (χ0) is 14.8. The van der Waals surface area contributed by atoms with Crippen LogP contribution in [0.2, 0.25) is 0 Å². The molecule has 0 aromatic heterocycles. The predicted octanol–water partition coefficient (Wildman–Crippen LogP) is 3.06. The van der Waals surface area contributed by atoms with Gasteiger partial charge in [0.2, 0.25) is 0 Å².